The second-order valence-corrected chi connectivity index (χ2v) is 12.0. The second kappa shape index (κ2) is 15.6. The standard InChI is InChI=1S/C30H36ClF3N8O4/c1-18(2)12-37-26(44)27(45)39-16-29(3,4)15-38-25(43)20-7-10-23(36-13-20)42(14-19-5-8-21(31)9-6-19)24-11-22(35)40-28(41-24)46-17-30(32,33)34/h5-11,13,18H,12,14-17H2,1-4H3,(H,37,44)(H,38,43)(H,39,45)(H2,35,40,41). The van der Waals surface area contributed by atoms with Crippen LogP contribution in [0.15, 0.2) is 48.7 Å². The van der Waals surface area contributed by atoms with Crippen LogP contribution in [0.5, 0.6) is 6.01 Å². The number of carbonyl (C=O) groups is 3. The van der Waals surface area contributed by atoms with E-state index in [1.807, 2.05) is 27.7 Å². The molecule has 46 heavy (non-hydrogen) atoms. The van der Waals surface area contributed by atoms with Crippen molar-refractivity contribution in [3.05, 3.63) is 64.8 Å². The average Bonchev–Trinajstić information content (AvgIpc) is 2.99. The lowest BCUT2D eigenvalue weighted by Crippen LogP contribution is -2.46. The summed E-state index contributed by atoms with van der Waals surface area (Å²) in [4.78, 5) is 50.8. The van der Waals surface area contributed by atoms with Crippen LogP contribution in [0, 0.1) is 11.3 Å². The van der Waals surface area contributed by atoms with E-state index < -0.39 is 41.9 Å². The Balaban J connectivity index is 1.73. The first kappa shape index (κ1) is 35.8. The summed E-state index contributed by atoms with van der Waals surface area (Å²) in [7, 11) is 0. The first-order valence-corrected chi connectivity index (χ1v) is 14.6. The number of rotatable bonds is 13. The number of ether oxygens (including phenoxy) is 1. The minimum absolute atomic E-state index is 0.103. The molecule has 0 aliphatic rings. The fraction of sp³-hybridized carbons (Fsp3) is 0.400. The Morgan fingerprint density at radius 3 is 2.22 bits per heavy atom. The van der Waals surface area contributed by atoms with Crippen LogP contribution in [-0.2, 0) is 16.1 Å². The van der Waals surface area contributed by atoms with Gasteiger partial charge in [0.05, 0.1) is 12.1 Å². The molecule has 0 saturated heterocycles. The quantitative estimate of drug-likeness (QED) is 0.198. The number of hydrogen-bond donors (Lipinski definition) is 4. The second-order valence-electron chi connectivity index (χ2n) is 11.6. The van der Waals surface area contributed by atoms with Gasteiger partial charge in [0.15, 0.2) is 6.61 Å². The highest BCUT2D eigenvalue weighted by atomic mass is 35.5. The molecule has 2 heterocycles. The number of nitrogens with one attached hydrogen (secondary N) is 3. The molecule has 0 bridgehead atoms. The van der Waals surface area contributed by atoms with Gasteiger partial charge in [-0.3, -0.25) is 14.4 Å². The van der Waals surface area contributed by atoms with E-state index in [1.165, 1.54) is 18.3 Å². The molecule has 0 unspecified atom stereocenters. The maximum absolute atomic E-state index is 12.9. The molecule has 1 aromatic carbocycles. The summed E-state index contributed by atoms with van der Waals surface area (Å²) >= 11 is 6.02. The number of carbonyl (C=O) groups excluding carboxylic acids is 3. The minimum Gasteiger partial charge on any atom is -0.454 e. The van der Waals surface area contributed by atoms with Gasteiger partial charge in [0, 0.05) is 36.9 Å². The lowest BCUT2D eigenvalue weighted by Gasteiger charge is -2.25. The zero-order valence-electron chi connectivity index (χ0n) is 25.7. The van der Waals surface area contributed by atoms with Gasteiger partial charge in [-0.2, -0.15) is 23.1 Å². The van der Waals surface area contributed by atoms with Crippen LogP contribution in [0.4, 0.5) is 30.6 Å². The number of alkyl halides is 3. The summed E-state index contributed by atoms with van der Waals surface area (Å²) < 4.78 is 43.0. The fourth-order valence-electron chi connectivity index (χ4n) is 3.77. The number of anilines is 3. The molecular formula is C30H36ClF3N8O4. The molecule has 16 heteroatoms. The van der Waals surface area contributed by atoms with Gasteiger partial charge in [0.2, 0.25) is 0 Å². The predicted molar refractivity (Wildman–Crippen MR) is 166 cm³/mol. The van der Waals surface area contributed by atoms with Crippen LogP contribution in [-0.4, -0.2) is 65.1 Å². The largest absolute Gasteiger partial charge is 0.454 e. The number of nitrogens with zero attached hydrogens (tertiary/aromatic N) is 4. The Bertz CT molecular complexity index is 1500. The average molecular weight is 665 g/mol. The third kappa shape index (κ3) is 11.7. The third-order valence-electron chi connectivity index (χ3n) is 6.23. The van der Waals surface area contributed by atoms with E-state index >= 15 is 0 Å². The van der Waals surface area contributed by atoms with Crippen LogP contribution in [0.25, 0.3) is 0 Å². The van der Waals surface area contributed by atoms with Crippen LogP contribution in [0.1, 0.15) is 43.6 Å². The van der Waals surface area contributed by atoms with E-state index in [-0.39, 0.29) is 42.8 Å². The Hall–Kier alpha value is -4.66. The van der Waals surface area contributed by atoms with Gasteiger partial charge in [-0.1, -0.05) is 51.4 Å². The van der Waals surface area contributed by atoms with Gasteiger partial charge in [0.1, 0.15) is 17.5 Å². The molecule has 0 spiro atoms. The Kier molecular flexibility index (Phi) is 12.1. The van der Waals surface area contributed by atoms with E-state index in [0.717, 1.165) is 5.56 Å². The lowest BCUT2D eigenvalue weighted by atomic mass is 9.93. The van der Waals surface area contributed by atoms with Crippen molar-refractivity contribution >= 4 is 46.8 Å². The molecule has 12 nitrogen and oxygen atoms in total. The van der Waals surface area contributed by atoms with Crippen molar-refractivity contribution in [2.45, 2.75) is 40.4 Å². The van der Waals surface area contributed by atoms with Crippen molar-refractivity contribution in [2.75, 3.05) is 36.9 Å². The predicted octanol–water partition coefficient (Wildman–Crippen LogP) is 4.03. The molecule has 3 aromatic rings. The van der Waals surface area contributed by atoms with Crippen molar-refractivity contribution in [3.8, 4) is 6.01 Å². The summed E-state index contributed by atoms with van der Waals surface area (Å²) in [5.41, 5.74) is 6.25. The molecule has 0 radical (unpaired) electrons. The van der Waals surface area contributed by atoms with E-state index in [2.05, 4.69) is 30.9 Å². The zero-order chi connectivity index (χ0) is 34.1. The van der Waals surface area contributed by atoms with Crippen molar-refractivity contribution in [1.82, 2.24) is 30.9 Å². The van der Waals surface area contributed by atoms with Crippen molar-refractivity contribution in [3.63, 3.8) is 0 Å². The van der Waals surface area contributed by atoms with Gasteiger partial charge in [-0.25, -0.2) is 4.98 Å². The minimum atomic E-state index is -4.61. The van der Waals surface area contributed by atoms with Gasteiger partial charge < -0.3 is 31.3 Å². The molecule has 0 aliphatic heterocycles. The van der Waals surface area contributed by atoms with Crippen LogP contribution >= 0.6 is 11.6 Å². The Morgan fingerprint density at radius 1 is 0.957 bits per heavy atom. The molecule has 0 fully saturated rings. The van der Waals surface area contributed by atoms with Gasteiger partial charge >= 0.3 is 24.0 Å². The van der Waals surface area contributed by atoms with E-state index in [0.29, 0.717) is 17.4 Å². The third-order valence-corrected chi connectivity index (χ3v) is 6.48. The van der Waals surface area contributed by atoms with Gasteiger partial charge in [-0.15, -0.1) is 0 Å². The monoisotopic (exact) mass is 664 g/mol. The zero-order valence-corrected chi connectivity index (χ0v) is 26.5. The topological polar surface area (TPSA) is 164 Å². The summed E-state index contributed by atoms with van der Waals surface area (Å²) in [6.45, 7) is 6.68. The number of hydrogen-bond acceptors (Lipinski definition) is 9. The number of nitrogen functional groups attached to an aromatic ring is 1. The van der Waals surface area contributed by atoms with E-state index in [9.17, 15) is 27.6 Å². The number of pyridine rings is 1. The number of benzene rings is 1. The van der Waals surface area contributed by atoms with Crippen LogP contribution in [0.2, 0.25) is 5.02 Å². The first-order chi connectivity index (χ1) is 21.5. The van der Waals surface area contributed by atoms with Crippen molar-refractivity contribution in [1.29, 1.82) is 0 Å². The molecule has 3 amide bonds. The fourth-order valence-corrected chi connectivity index (χ4v) is 3.90. The summed E-state index contributed by atoms with van der Waals surface area (Å²) in [6.07, 6.45) is -3.28. The number of nitrogens with two attached hydrogens (primary N) is 1. The molecular weight excluding hydrogens is 629 g/mol. The van der Waals surface area contributed by atoms with Crippen LogP contribution < -0.4 is 31.3 Å². The first-order valence-electron chi connectivity index (χ1n) is 14.2. The Morgan fingerprint density at radius 2 is 1.61 bits per heavy atom. The summed E-state index contributed by atoms with van der Waals surface area (Å²) in [6, 6.07) is 10.7. The number of halogens is 4. The van der Waals surface area contributed by atoms with Crippen molar-refractivity contribution < 1.29 is 32.3 Å². The van der Waals surface area contributed by atoms with E-state index in [4.69, 9.17) is 22.1 Å². The van der Waals surface area contributed by atoms with E-state index in [1.54, 1.807) is 35.2 Å². The normalized spacial score (nSPS) is 11.6. The van der Waals surface area contributed by atoms with Crippen LogP contribution in [0.3, 0.4) is 0 Å². The summed E-state index contributed by atoms with van der Waals surface area (Å²) in [5.74, 6) is -1.45. The Labute approximate surface area is 269 Å². The molecule has 5 N–H and O–H groups in total. The molecule has 0 aliphatic carbocycles. The maximum atomic E-state index is 12.9. The lowest BCUT2D eigenvalue weighted by molar-refractivity contribution is -0.154. The highest BCUT2D eigenvalue weighted by Gasteiger charge is 2.29. The molecule has 3 rings (SSSR count). The number of amides is 3. The summed E-state index contributed by atoms with van der Waals surface area (Å²) in [5, 5.41) is 8.43. The highest BCUT2D eigenvalue weighted by molar-refractivity contribution is 6.35. The van der Waals surface area contributed by atoms with Crippen molar-refractivity contribution in [2.24, 2.45) is 11.3 Å². The maximum Gasteiger partial charge on any atom is 0.422 e. The highest BCUT2D eigenvalue weighted by Crippen LogP contribution is 2.28. The SMILES string of the molecule is CC(C)CNC(=O)C(=O)NCC(C)(C)CNC(=O)c1ccc(N(Cc2ccc(Cl)cc2)c2cc(N)nc(OCC(F)(F)F)n2)nc1. The molecule has 248 valence electrons. The molecule has 0 saturated carbocycles. The smallest absolute Gasteiger partial charge is 0.422 e. The molecule has 2 aromatic heterocycles. The van der Waals surface area contributed by atoms with Gasteiger partial charge in [0.25, 0.3) is 5.91 Å². The number of aromatic nitrogens is 3. The molecule has 0 atom stereocenters. The van der Waals surface area contributed by atoms with Gasteiger partial charge in [-0.05, 0) is 41.2 Å².